The molecule has 142 valence electrons. The van der Waals surface area contributed by atoms with E-state index in [9.17, 15) is 9.59 Å². The molecule has 2 N–H and O–H groups in total. The molecule has 5 heteroatoms. The lowest BCUT2D eigenvalue weighted by molar-refractivity contribution is 0.101. The maximum Gasteiger partial charge on any atom is 0.255 e. The molecule has 28 heavy (non-hydrogen) atoms. The van der Waals surface area contributed by atoms with Gasteiger partial charge in [0.15, 0.2) is 0 Å². The first-order valence-electron chi connectivity index (χ1n) is 9.00. The van der Waals surface area contributed by atoms with Gasteiger partial charge in [0.2, 0.25) is 0 Å². The molecule has 0 aliphatic carbocycles. The summed E-state index contributed by atoms with van der Waals surface area (Å²) in [5.74, 6) is 0.00215. The molecule has 0 aliphatic heterocycles. The molecule has 0 aliphatic rings. The van der Waals surface area contributed by atoms with Crippen LogP contribution in [-0.2, 0) is 0 Å². The number of hydrogen-bond acceptors (Lipinski definition) is 2. The van der Waals surface area contributed by atoms with Crippen molar-refractivity contribution in [3.8, 4) is 0 Å². The minimum absolute atomic E-state index is 0.175. The molecule has 3 rings (SSSR count). The minimum Gasteiger partial charge on any atom is -0.322 e. The number of carbonyl (C=O) groups excluding carboxylic acids is 2. The summed E-state index contributed by atoms with van der Waals surface area (Å²) in [5.41, 5.74) is 3.55. The van der Waals surface area contributed by atoms with Crippen molar-refractivity contribution in [3.05, 3.63) is 94.5 Å². The molecule has 3 aromatic rings. The third-order valence-electron chi connectivity index (χ3n) is 4.33. The Bertz CT molecular complexity index is 980. The molecule has 0 radical (unpaired) electrons. The van der Waals surface area contributed by atoms with E-state index < -0.39 is 0 Å². The number of benzene rings is 3. The summed E-state index contributed by atoms with van der Waals surface area (Å²) in [5, 5.41) is 6.17. The van der Waals surface area contributed by atoms with E-state index in [1.54, 1.807) is 48.5 Å². The van der Waals surface area contributed by atoms with Crippen molar-refractivity contribution in [2.75, 3.05) is 10.6 Å². The molecule has 0 aromatic heterocycles. The molecule has 3 aromatic carbocycles. The second kappa shape index (κ2) is 8.72. The molecular formula is C23H21ClN2O2. The van der Waals surface area contributed by atoms with Crippen molar-refractivity contribution in [1.82, 2.24) is 0 Å². The van der Waals surface area contributed by atoms with Crippen LogP contribution >= 0.6 is 11.6 Å². The van der Waals surface area contributed by atoms with Crippen LogP contribution in [0.15, 0.2) is 72.8 Å². The summed E-state index contributed by atoms with van der Waals surface area (Å²) in [7, 11) is 0. The molecule has 0 saturated carbocycles. The van der Waals surface area contributed by atoms with Crippen LogP contribution in [0, 0.1) is 0 Å². The highest BCUT2D eigenvalue weighted by Crippen LogP contribution is 2.18. The highest BCUT2D eigenvalue weighted by molar-refractivity contribution is 6.31. The second-order valence-electron chi connectivity index (χ2n) is 6.77. The Morgan fingerprint density at radius 2 is 1.29 bits per heavy atom. The van der Waals surface area contributed by atoms with Gasteiger partial charge in [0.25, 0.3) is 11.8 Å². The number of amides is 2. The predicted molar refractivity (Wildman–Crippen MR) is 114 cm³/mol. The SMILES string of the molecule is CC(C)c1ccc(C(=O)Nc2ccc(NC(=O)c3cccc(Cl)c3)cc2)cc1. The third kappa shape index (κ3) is 4.99. The van der Waals surface area contributed by atoms with Crippen LogP contribution in [0.2, 0.25) is 5.02 Å². The van der Waals surface area contributed by atoms with Gasteiger partial charge in [-0.1, -0.05) is 43.6 Å². The average Bonchev–Trinajstić information content (AvgIpc) is 2.69. The summed E-state index contributed by atoms with van der Waals surface area (Å²) in [6.45, 7) is 4.23. The number of nitrogens with one attached hydrogen (secondary N) is 2. The van der Waals surface area contributed by atoms with Gasteiger partial charge in [0.05, 0.1) is 0 Å². The van der Waals surface area contributed by atoms with E-state index in [0.717, 1.165) is 0 Å². The molecule has 0 bridgehead atoms. The Morgan fingerprint density at radius 1 is 0.750 bits per heavy atom. The fourth-order valence-corrected chi connectivity index (χ4v) is 2.88. The van der Waals surface area contributed by atoms with Crippen LogP contribution in [0.25, 0.3) is 0 Å². The quantitative estimate of drug-likeness (QED) is 0.562. The van der Waals surface area contributed by atoms with Gasteiger partial charge in [0.1, 0.15) is 0 Å². The Balaban J connectivity index is 1.62. The number of hydrogen-bond donors (Lipinski definition) is 2. The van der Waals surface area contributed by atoms with Crippen LogP contribution < -0.4 is 10.6 Å². The monoisotopic (exact) mass is 392 g/mol. The fourth-order valence-electron chi connectivity index (χ4n) is 2.69. The first-order chi connectivity index (χ1) is 13.4. The Labute approximate surface area is 169 Å². The van der Waals surface area contributed by atoms with Crippen molar-refractivity contribution >= 4 is 34.8 Å². The minimum atomic E-state index is -0.246. The fraction of sp³-hybridized carbons (Fsp3) is 0.130. The normalized spacial score (nSPS) is 10.6. The van der Waals surface area contributed by atoms with Crippen molar-refractivity contribution in [3.63, 3.8) is 0 Å². The Kier molecular flexibility index (Phi) is 6.12. The third-order valence-corrected chi connectivity index (χ3v) is 4.56. The lowest BCUT2D eigenvalue weighted by atomic mass is 10.0. The Morgan fingerprint density at radius 3 is 1.79 bits per heavy atom. The zero-order valence-corrected chi connectivity index (χ0v) is 16.5. The number of halogens is 1. The predicted octanol–water partition coefficient (Wildman–Crippen LogP) is 5.97. The van der Waals surface area contributed by atoms with Gasteiger partial charge in [-0.2, -0.15) is 0 Å². The van der Waals surface area contributed by atoms with Crippen molar-refractivity contribution < 1.29 is 9.59 Å². The highest BCUT2D eigenvalue weighted by Gasteiger charge is 2.09. The smallest absolute Gasteiger partial charge is 0.255 e. The molecule has 0 fully saturated rings. The van der Waals surface area contributed by atoms with Crippen LogP contribution in [0.3, 0.4) is 0 Å². The molecule has 0 heterocycles. The van der Waals surface area contributed by atoms with E-state index in [-0.39, 0.29) is 11.8 Å². The number of rotatable bonds is 5. The van der Waals surface area contributed by atoms with Gasteiger partial charge in [0, 0.05) is 27.5 Å². The summed E-state index contributed by atoms with van der Waals surface area (Å²) in [6.07, 6.45) is 0. The molecule has 2 amide bonds. The van der Waals surface area contributed by atoms with Crippen molar-refractivity contribution in [2.45, 2.75) is 19.8 Å². The van der Waals surface area contributed by atoms with Crippen LogP contribution in [0.4, 0.5) is 11.4 Å². The summed E-state index contributed by atoms with van der Waals surface area (Å²) < 4.78 is 0. The van der Waals surface area contributed by atoms with Gasteiger partial charge < -0.3 is 10.6 Å². The second-order valence-corrected chi connectivity index (χ2v) is 7.21. The first kappa shape index (κ1) is 19.6. The average molecular weight is 393 g/mol. The maximum atomic E-state index is 12.4. The molecule has 0 unspecified atom stereocenters. The van der Waals surface area contributed by atoms with Gasteiger partial charge >= 0.3 is 0 Å². The zero-order valence-electron chi connectivity index (χ0n) is 15.7. The summed E-state index contributed by atoms with van der Waals surface area (Å²) in [4.78, 5) is 24.6. The van der Waals surface area contributed by atoms with E-state index in [1.165, 1.54) is 5.56 Å². The largest absolute Gasteiger partial charge is 0.322 e. The molecule has 4 nitrogen and oxygen atoms in total. The first-order valence-corrected chi connectivity index (χ1v) is 9.38. The van der Waals surface area contributed by atoms with E-state index >= 15 is 0 Å². The molecular weight excluding hydrogens is 372 g/mol. The topological polar surface area (TPSA) is 58.2 Å². The molecule has 0 saturated heterocycles. The van der Waals surface area contributed by atoms with E-state index in [4.69, 9.17) is 11.6 Å². The zero-order chi connectivity index (χ0) is 20.1. The highest BCUT2D eigenvalue weighted by atomic mass is 35.5. The lowest BCUT2D eigenvalue weighted by Gasteiger charge is -2.09. The van der Waals surface area contributed by atoms with Gasteiger partial charge in [-0.15, -0.1) is 0 Å². The molecule has 0 atom stereocenters. The Hall–Kier alpha value is -3.11. The summed E-state index contributed by atoms with van der Waals surface area (Å²) >= 11 is 5.92. The van der Waals surface area contributed by atoms with Crippen LogP contribution in [0.5, 0.6) is 0 Å². The van der Waals surface area contributed by atoms with Crippen LogP contribution in [-0.4, -0.2) is 11.8 Å². The maximum absolute atomic E-state index is 12.4. The van der Waals surface area contributed by atoms with E-state index in [0.29, 0.717) is 33.4 Å². The van der Waals surface area contributed by atoms with Crippen molar-refractivity contribution in [1.29, 1.82) is 0 Å². The van der Waals surface area contributed by atoms with E-state index in [1.807, 2.05) is 24.3 Å². The van der Waals surface area contributed by atoms with Gasteiger partial charge in [-0.25, -0.2) is 0 Å². The van der Waals surface area contributed by atoms with Gasteiger partial charge in [-0.3, -0.25) is 9.59 Å². The summed E-state index contributed by atoms with van der Waals surface area (Å²) in [6, 6.07) is 21.3. The van der Waals surface area contributed by atoms with Crippen molar-refractivity contribution in [2.24, 2.45) is 0 Å². The van der Waals surface area contributed by atoms with E-state index in [2.05, 4.69) is 24.5 Å². The van der Waals surface area contributed by atoms with Gasteiger partial charge in [-0.05, 0) is 66.1 Å². The standard InChI is InChI=1S/C23H21ClN2O2/c1-15(2)16-6-8-17(9-7-16)22(27)25-20-10-12-21(13-11-20)26-23(28)18-4-3-5-19(24)14-18/h3-15H,1-2H3,(H,25,27)(H,26,28). The molecule has 0 spiro atoms. The lowest BCUT2D eigenvalue weighted by Crippen LogP contribution is -2.13. The number of anilines is 2. The van der Waals surface area contributed by atoms with Crippen LogP contribution in [0.1, 0.15) is 46.0 Å². The number of carbonyl (C=O) groups is 2.